The van der Waals surface area contributed by atoms with Crippen molar-refractivity contribution in [3.8, 4) is 6.07 Å². The van der Waals surface area contributed by atoms with Crippen LogP contribution in [0.15, 0.2) is 0 Å². The molecule has 0 unspecified atom stereocenters. The van der Waals surface area contributed by atoms with Crippen molar-refractivity contribution in [2.75, 3.05) is 13.1 Å². The zero-order chi connectivity index (χ0) is 13.2. The van der Waals surface area contributed by atoms with Gasteiger partial charge in [-0.2, -0.15) is 5.26 Å². The van der Waals surface area contributed by atoms with Gasteiger partial charge in [0.05, 0.1) is 12.0 Å². The first kappa shape index (κ1) is 13.4. The normalized spacial score (nSPS) is 35.0. The fourth-order valence-corrected chi connectivity index (χ4v) is 3.29. The van der Waals surface area contributed by atoms with Gasteiger partial charge in [0.2, 0.25) is 0 Å². The molecule has 1 heterocycles. The van der Waals surface area contributed by atoms with Crippen molar-refractivity contribution in [3.05, 3.63) is 0 Å². The first-order valence-electron chi connectivity index (χ1n) is 6.96. The first-order chi connectivity index (χ1) is 8.57. The molecule has 0 amide bonds. The van der Waals surface area contributed by atoms with Gasteiger partial charge in [-0.05, 0) is 44.4 Å². The minimum Gasteiger partial charge on any atom is -0.481 e. The molecule has 1 aliphatic heterocycles. The van der Waals surface area contributed by atoms with Crippen molar-refractivity contribution in [1.29, 1.82) is 5.26 Å². The maximum atomic E-state index is 10.9. The van der Waals surface area contributed by atoms with E-state index in [4.69, 9.17) is 5.11 Å². The number of carboxylic acid groups (broad SMARTS) is 1. The molecule has 1 saturated heterocycles. The monoisotopic (exact) mass is 250 g/mol. The Morgan fingerprint density at radius 1 is 1.28 bits per heavy atom. The average Bonchev–Trinajstić information content (AvgIpc) is 2.40. The Balaban J connectivity index is 1.99. The number of rotatable bonds is 2. The molecular formula is C14H22N2O2. The Kier molecular flexibility index (Phi) is 3.91. The highest BCUT2D eigenvalue weighted by molar-refractivity contribution is 5.70. The third-order valence-corrected chi connectivity index (χ3v) is 4.76. The number of aliphatic carboxylic acids is 1. The number of hydrogen-bond donors (Lipinski definition) is 1. The number of nitrogens with zero attached hydrogens (tertiary/aromatic N) is 2. The quantitative estimate of drug-likeness (QED) is 0.816. The predicted molar refractivity (Wildman–Crippen MR) is 67.9 cm³/mol. The van der Waals surface area contributed by atoms with E-state index in [1.807, 2.05) is 0 Å². The predicted octanol–water partition coefficient (Wildman–Crippen LogP) is 2.26. The van der Waals surface area contributed by atoms with E-state index in [0.717, 1.165) is 44.7 Å². The van der Waals surface area contributed by atoms with Crippen LogP contribution in [-0.4, -0.2) is 34.6 Å². The van der Waals surface area contributed by atoms with E-state index in [-0.39, 0.29) is 11.5 Å². The van der Waals surface area contributed by atoms with Crippen LogP contribution in [0.2, 0.25) is 0 Å². The zero-order valence-corrected chi connectivity index (χ0v) is 11.1. The van der Waals surface area contributed by atoms with Crippen LogP contribution >= 0.6 is 0 Å². The highest BCUT2D eigenvalue weighted by atomic mass is 16.4. The molecule has 1 N–H and O–H groups in total. The molecule has 4 nitrogen and oxygen atoms in total. The van der Waals surface area contributed by atoms with E-state index in [2.05, 4.69) is 17.9 Å². The Bertz CT molecular complexity index is 345. The summed E-state index contributed by atoms with van der Waals surface area (Å²) >= 11 is 0. The van der Waals surface area contributed by atoms with E-state index >= 15 is 0 Å². The Labute approximate surface area is 109 Å². The Morgan fingerprint density at radius 2 is 1.83 bits per heavy atom. The van der Waals surface area contributed by atoms with Gasteiger partial charge in [0.1, 0.15) is 5.54 Å². The SMILES string of the molecule is CC1CCC(C#N)(N2CCC(C(=O)O)CC2)CC1. The van der Waals surface area contributed by atoms with Crippen LogP contribution in [0.5, 0.6) is 0 Å². The van der Waals surface area contributed by atoms with Gasteiger partial charge in [-0.1, -0.05) is 6.92 Å². The lowest BCUT2D eigenvalue weighted by Gasteiger charge is -2.45. The molecule has 0 atom stereocenters. The molecule has 1 saturated carbocycles. The lowest BCUT2D eigenvalue weighted by atomic mass is 9.76. The standard InChI is InChI=1S/C14H22N2O2/c1-11-2-6-14(10-15,7-3-11)16-8-4-12(5-9-16)13(17)18/h11-12H,2-9H2,1H3,(H,17,18). The molecule has 2 aliphatic rings. The second kappa shape index (κ2) is 5.27. The molecule has 1 aliphatic carbocycles. The van der Waals surface area contributed by atoms with Gasteiger partial charge < -0.3 is 5.11 Å². The molecule has 2 rings (SSSR count). The summed E-state index contributed by atoms with van der Waals surface area (Å²) in [6, 6.07) is 2.53. The zero-order valence-electron chi connectivity index (χ0n) is 11.1. The molecule has 0 aromatic carbocycles. The Morgan fingerprint density at radius 3 is 2.28 bits per heavy atom. The van der Waals surface area contributed by atoms with E-state index in [1.54, 1.807) is 0 Å². The fraction of sp³-hybridized carbons (Fsp3) is 0.857. The lowest BCUT2D eigenvalue weighted by Crippen LogP contribution is -2.53. The summed E-state index contributed by atoms with van der Waals surface area (Å²) in [5.41, 5.74) is -0.310. The minimum absolute atomic E-state index is 0.209. The maximum absolute atomic E-state index is 10.9. The van der Waals surface area contributed by atoms with Crippen LogP contribution in [0.4, 0.5) is 0 Å². The summed E-state index contributed by atoms with van der Waals surface area (Å²) < 4.78 is 0. The van der Waals surface area contributed by atoms with Gasteiger partial charge >= 0.3 is 5.97 Å². The second-order valence-electron chi connectivity index (χ2n) is 5.93. The molecule has 0 radical (unpaired) electrons. The largest absolute Gasteiger partial charge is 0.481 e. The summed E-state index contributed by atoms with van der Waals surface area (Å²) in [4.78, 5) is 13.2. The van der Waals surface area contributed by atoms with Crippen molar-refractivity contribution in [3.63, 3.8) is 0 Å². The molecule has 0 aromatic rings. The number of hydrogen-bond acceptors (Lipinski definition) is 3. The maximum Gasteiger partial charge on any atom is 0.306 e. The topological polar surface area (TPSA) is 64.3 Å². The summed E-state index contributed by atoms with van der Waals surface area (Å²) in [5, 5.41) is 18.6. The van der Waals surface area contributed by atoms with Crippen molar-refractivity contribution >= 4 is 5.97 Å². The number of likely N-dealkylation sites (tertiary alicyclic amines) is 1. The summed E-state index contributed by atoms with van der Waals surface area (Å²) in [6.07, 6.45) is 5.51. The van der Waals surface area contributed by atoms with Crippen LogP contribution in [0, 0.1) is 23.2 Å². The van der Waals surface area contributed by atoms with Crippen molar-refractivity contribution in [2.45, 2.75) is 51.0 Å². The number of carboxylic acids is 1. The van der Waals surface area contributed by atoms with E-state index < -0.39 is 5.97 Å². The average molecular weight is 250 g/mol. The molecular weight excluding hydrogens is 228 g/mol. The van der Waals surface area contributed by atoms with Gasteiger partial charge in [0.15, 0.2) is 0 Å². The van der Waals surface area contributed by atoms with Gasteiger partial charge in [0.25, 0.3) is 0 Å². The van der Waals surface area contributed by atoms with Crippen molar-refractivity contribution < 1.29 is 9.90 Å². The van der Waals surface area contributed by atoms with Crippen molar-refractivity contribution in [2.24, 2.45) is 11.8 Å². The van der Waals surface area contributed by atoms with Crippen molar-refractivity contribution in [1.82, 2.24) is 4.90 Å². The molecule has 100 valence electrons. The van der Waals surface area contributed by atoms with Gasteiger partial charge in [-0.25, -0.2) is 0 Å². The number of nitriles is 1. The highest BCUT2D eigenvalue weighted by Crippen LogP contribution is 2.38. The van der Waals surface area contributed by atoms with Crippen LogP contribution in [0.1, 0.15) is 45.4 Å². The number of carbonyl (C=O) groups is 1. The fourth-order valence-electron chi connectivity index (χ4n) is 3.29. The van der Waals surface area contributed by atoms with Crippen LogP contribution in [0.25, 0.3) is 0 Å². The molecule has 0 spiro atoms. The van der Waals surface area contributed by atoms with Gasteiger partial charge in [0, 0.05) is 13.1 Å². The summed E-state index contributed by atoms with van der Waals surface area (Å²) in [6.45, 7) is 3.77. The number of piperidine rings is 1. The molecule has 0 bridgehead atoms. The molecule has 18 heavy (non-hydrogen) atoms. The van der Waals surface area contributed by atoms with Crippen LogP contribution in [-0.2, 0) is 4.79 Å². The second-order valence-corrected chi connectivity index (χ2v) is 5.93. The first-order valence-corrected chi connectivity index (χ1v) is 6.96. The molecule has 4 heteroatoms. The van der Waals surface area contributed by atoms with E-state index in [0.29, 0.717) is 12.8 Å². The van der Waals surface area contributed by atoms with E-state index in [1.165, 1.54) is 0 Å². The summed E-state index contributed by atoms with van der Waals surface area (Å²) in [5.74, 6) is -0.166. The van der Waals surface area contributed by atoms with Crippen LogP contribution in [0.3, 0.4) is 0 Å². The molecule has 2 fully saturated rings. The Hall–Kier alpha value is -1.08. The lowest BCUT2D eigenvalue weighted by molar-refractivity contribution is -0.143. The highest BCUT2D eigenvalue weighted by Gasteiger charge is 2.41. The van der Waals surface area contributed by atoms with E-state index in [9.17, 15) is 10.1 Å². The minimum atomic E-state index is -0.682. The smallest absolute Gasteiger partial charge is 0.306 e. The van der Waals surface area contributed by atoms with Crippen LogP contribution < -0.4 is 0 Å². The molecule has 0 aromatic heterocycles. The summed E-state index contributed by atoms with van der Waals surface area (Å²) in [7, 11) is 0. The van der Waals surface area contributed by atoms with Gasteiger partial charge in [-0.15, -0.1) is 0 Å². The third kappa shape index (κ3) is 2.51. The van der Waals surface area contributed by atoms with Gasteiger partial charge in [-0.3, -0.25) is 9.69 Å². The third-order valence-electron chi connectivity index (χ3n) is 4.76.